The summed E-state index contributed by atoms with van der Waals surface area (Å²) in [7, 11) is 0. The van der Waals surface area contributed by atoms with Gasteiger partial charge in [-0.05, 0) is 31.4 Å². The van der Waals surface area contributed by atoms with E-state index in [9.17, 15) is 9.59 Å². The Labute approximate surface area is 111 Å². The summed E-state index contributed by atoms with van der Waals surface area (Å²) in [6.45, 7) is 0.329. The number of carboxylic acids is 1. The van der Waals surface area contributed by atoms with Crippen LogP contribution in [0.25, 0.3) is 0 Å². The maximum Gasteiger partial charge on any atom is 0.315 e. The molecule has 0 atom stereocenters. The monoisotopic (exact) mass is 263 g/mol. The molecule has 6 heteroatoms. The lowest BCUT2D eigenvalue weighted by Crippen LogP contribution is -2.57. The Hall–Kier alpha value is -2.11. The molecule has 6 nitrogen and oxygen atoms in total. The van der Waals surface area contributed by atoms with Gasteiger partial charge in [-0.2, -0.15) is 0 Å². The van der Waals surface area contributed by atoms with Crippen molar-refractivity contribution in [1.29, 1.82) is 0 Å². The van der Waals surface area contributed by atoms with Gasteiger partial charge in [0.05, 0.1) is 24.2 Å². The van der Waals surface area contributed by atoms with Crippen molar-refractivity contribution in [3.8, 4) is 0 Å². The highest BCUT2D eigenvalue weighted by atomic mass is 16.4. The highest BCUT2D eigenvalue weighted by Gasteiger charge is 2.40. The van der Waals surface area contributed by atoms with E-state index in [1.807, 2.05) is 12.1 Å². The van der Waals surface area contributed by atoms with Gasteiger partial charge in [0.2, 0.25) is 0 Å². The van der Waals surface area contributed by atoms with Crippen LogP contribution in [0.1, 0.15) is 31.4 Å². The summed E-state index contributed by atoms with van der Waals surface area (Å²) in [5, 5.41) is 14.3. The van der Waals surface area contributed by atoms with E-state index in [1.54, 1.807) is 12.3 Å². The van der Waals surface area contributed by atoms with E-state index < -0.39 is 11.5 Å². The first-order valence-electron chi connectivity index (χ1n) is 6.27. The van der Waals surface area contributed by atoms with Crippen LogP contribution in [0.15, 0.2) is 24.4 Å². The highest BCUT2D eigenvalue weighted by Crippen LogP contribution is 2.34. The molecule has 0 bridgehead atoms. The van der Waals surface area contributed by atoms with Crippen molar-refractivity contribution in [3.63, 3.8) is 0 Å². The Morgan fingerprint density at radius 1 is 1.37 bits per heavy atom. The quantitative estimate of drug-likeness (QED) is 0.746. The van der Waals surface area contributed by atoms with Gasteiger partial charge in [0, 0.05) is 6.20 Å². The van der Waals surface area contributed by atoms with E-state index in [0.717, 1.165) is 25.0 Å². The van der Waals surface area contributed by atoms with Crippen LogP contribution in [0.3, 0.4) is 0 Å². The van der Waals surface area contributed by atoms with E-state index in [4.69, 9.17) is 5.11 Å². The molecule has 0 aromatic carbocycles. The highest BCUT2D eigenvalue weighted by molar-refractivity contribution is 5.77. The molecule has 3 N–H and O–H groups in total. The second-order valence-corrected chi connectivity index (χ2v) is 4.83. The Balaban J connectivity index is 1.82. The van der Waals surface area contributed by atoms with Gasteiger partial charge >= 0.3 is 12.0 Å². The molecule has 1 aromatic rings. The van der Waals surface area contributed by atoms with E-state index in [0.29, 0.717) is 6.54 Å². The van der Waals surface area contributed by atoms with E-state index in [1.165, 1.54) is 0 Å². The normalized spacial score (nSPS) is 16.2. The predicted molar refractivity (Wildman–Crippen MR) is 68.4 cm³/mol. The summed E-state index contributed by atoms with van der Waals surface area (Å²) in [6, 6.07) is 5.13. The first-order chi connectivity index (χ1) is 9.10. The number of hydrogen-bond donors (Lipinski definition) is 3. The molecule has 2 rings (SSSR count). The van der Waals surface area contributed by atoms with Crippen molar-refractivity contribution in [1.82, 2.24) is 15.6 Å². The third kappa shape index (κ3) is 3.67. The minimum atomic E-state index is -0.885. The minimum absolute atomic E-state index is 0.0238. The minimum Gasteiger partial charge on any atom is -0.481 e. The zero-order chi connectivity index (χ0) is 13.7. The van der Waals surface area contributed by atoms with Gasteiger partial charge in [-0.25, -0.2) is 4.79 Å². The SMILES string of the molecule is O=C(O)CC1(NC(=O)NCc2ccccn2)CCC1. The molecule has 0 spiro atoms. The zero-order valence-corrected chi connectivity index (χ0v) is 10.6. The van der Waals surface area contributed by atoms with Gasteiger partial charge in [-0.1, -0.05) is 6.07 Å². The fourth-order valence-electron chi connectivity index (χ4n) is 2.20. The number of carbonyl (C=O) groups excluding carboxylic acids is 1. The van der Waals surface area contributed by atoms with Gasteiger partial charge in [0.1, 0.15) is 0 Å². The molecule has 0 radical (unpaired) electrons. The predicted octanol–water partition coefficient (Wildman–Crippen LogP) is 1.28. The molecule has 102 valence electrons. The van der Waals surface area contributed by atoms with Crippen LogP contribution < -0.4 is 10.6 Å². The Kier molecular flexibility index (Phi) is 3.99. The molecule has 1 aliphatic rings. The van der Waals surface area contributed by atoms with Crippen LogP contribution in [-0.4, -0.2) is 27.6 Å². The van der Waals surface area contributed by atoms with Crippen molar-refractivity contribution < 1.29 is 14.7 Å². The van der Waals surface area contributed by atoms with Gasteiger partial charge in [0.15, 0.2) is 0 Å². The van der Waals surface area contributed by atoms with Crippen LogP contribution in [-0.2, 0) is 11.3 Å². The summed E-state index contributed by atoms with van der Waals surface area (Å²) in [5.41, 5.74) is 0.193. The summed E-state index contributed by atoms with van der Waals surface area (Å²) in [6.07, 6.45) is 4.02. The molecule has 1 aliphatic carbocycles. The molecule has 1 aromatic heterocycles. The molecular formula is C13H17N3O3. The molecule has 0 unspecified atom stereocenters. The number of pyridine rings is 1. The first kappa shape index (κ1) is 13.3. The summed E-state index contributed by atoms with van der Waals surface area (Å²) in [5.74, 6) is -0.885. The summed E-state index contributed by atoms with van der Waals surface area (Å²) < 4.78 is 0. The lowest BCUT2D eigenvalue weighted by molar-refractivity contribution is -0.139. The number of nitrogens with one attached hydrogen (secondary N) is 2. The van der Waals surface area contributed by atoms with Crippen LogP contribution >= 0.6 is 0 Å². The number of amides is 2. The van der Waals surface area contributed by atoms with E-state index in [-0.39, 0.29) is 12.5 Å². The maximum atomic E-state index is 11.8. The number of carboxylic acid groups (broad SMARTS) is 1. The number of rotatable bonds is 5. The Bertz CT molecular complexity index is 457. The van der Waals surface area contributed by atoms with E-state index in [2.05, 4.69) is 15.6 Å². The molecule has 1 fully saturated rings. The van der Waals surface area contributed by atoms with Gasteiger partial charge < -0.3 is 15.7 Å². The third-order valence-electron chi connectivity index (χ3n) is 3.34. The number of aliphatic carboxylic acids is 1. The van der Waals surface area contributed by atoms with Crippen molar-refractivity contribution in [2.45, 2.75) is 37.8 Å². The summed E-state index contributed by atoms with van der Waals surface area (Å²) >= 11 is 0. The van der Waals surface area contributed by atoms with Gasteiger partial charge in [-0.15, -0.1) is 0 Å². The topological polar surface area (TPSA) is 91.3 Å². The Morgan fingerprint density at radius 2 is 2.16 bits per heavy atom. The zero-order valence-electron chi connectivity index (χ0n) is 10.6. The van der Waals surface area contributed by atoms with Crippen LogP contribution in [0.2, 0.25) is 0 Å². The van der Waals surface area contributed by atoms with Crippen molar-refractivity contribution in [2.75, 3.05) is 0 Å². The summed E-state index contributed by atoms with van der Waals surface area (Å²) in [4.78, 5) is 26.6. The van der Waals surface area contributed by atoms with Crippen LogP contribution in [0.5, 0.6) is 0 Å². The lowest BCUT2D eigenvalue weighted by Gasteiger charge is -2.41. The average molecular weight is 263 g/mol. The fourth-order valence-corrected chi connectivity index (χ4v) is 2.20. The van der Waals surface area contributed by atoms with Crippen molar-refractivity contribution >= 4 is 12.0 Å². The smallest absolute Gasteiger partial charge is 0.315 e. The molecule has 0 aliphatic heterocycles. The number of urea groups is 1. The largest absolute Gasteiger partial charge is 0.481 e. The van der Waals surface area contributed by atoms with Crippen LogP contribution in [0, 0.1) is 0 Å². The Morgan fingerprint density at radius 3 is 2.68 bits per heavy atom. The number of carbonyl (C=O) groups is 2. The lowest BCUT2D eigenvalue weighted by atomic mass is 9.74. The third-order valence-corrected chi connectivity index (χ3v) is 3.34. The standard InChI is InChI=1S/C13H17N3O3/c17-11(18)8-13(5-3-6-13)16-12(19)15-9-10-4-1-2-7-14-10/h1-2,4,7H,3,5-6,8-9H2,(H,17,18)(H2,15,16,19). The van der Waals surface area contributed by atoms with E-state index >= 15 is 0 Å². The molecule has 19 heavy (non-hydrogen) atoms. The second-order valence-electron chi connectivity index (χ2n) is 4.83. The molecular weight excluding hydrogens is 246 g/mol. The maximum absolute atomic E-state index is 11.8. The number of nitrogens with zero attached hydrogens (tertiary/aromatic N) is 1. The van der Waals surface area contributed by atoms with Gasteiger partial charge in [-0.3, -0.25) is 9.78 Å². The molecule has 2 amide bonds. The van der Waals surface area contributed by atoms with Crippen LogP contribution in [0.4, 0.5) is 4.79 Å². The molecule has 1 heterocycles. The average Bonchev–Trinajstić information content (AvgIpc) is 2.34. The van der Waals surface area contributed by atoms with Gasteiger partial charge in [0.25, 0.3) is 0 Å². The fraction of sp³-hybridized carbons (Fsp3) is 0.462. The second kappa shape index (κ2) is 5.69. The van der Waals surface area contributed by atoms with Crippen molar-refractivity contribution in [3.05, 3.63) is 30.1 Å². The number of aromatic nitrogens is 1. The van der Waals surface area contributed by atoms with Crippen molar-refractivity contribution in [2.24, 2.45) is 0 Å². The number of hydrogen-bond acceptors (Lipinski definition) is 3. The molecule has 1 saturated carbocycles. The molecule has 0 saturated heterocycles. The first-order valence-corrected chi connectivity index (χ1v) is 6.27.